The number of guanidine groups is 1. The highest BCUT2D eigenvalue weighted by molar-refractivity contribution is 14.0. The van der Waals surface area contributed by atoms with E-state index in [1.54, 1.807) is 17.5 Å². The quantitative estimate of drug-likeness (QED) is 0.301. The highest BCUT2D eigenvalue weighted by Gasteiger charge is 2.05. The lowest BCUT2D eigenvalue weighted by Crippen LogP contribution is -2.36. The number of aryl methyl sites for hydroxylation is 3. The molecule has 0 bridgehead atoms. The molecule has 0 amide bonds. The minimum atomic E-state index is 0. The van der Waals surface area contributed by atoms with Gasteiger partial charge in [-0.15, -0.1) is 35.3 Å². The Labute approximate surface area is 186 Å². The van der Waals surface area contributed by atoms with Crippen LogP contribution in [0.3, 0.4) is 0 Å². The van der Waals surface area contributed by atoms with Crippen molar-refractivity contribution in [3.05, 3.63) is 57.7 Å². The van der Waals surface area contributed by atoms with Crippen molar-refractivity contribution in [1.29, 1.82) is 0 Å². The molecule has 150 valence electrons. The van der Waals surface area contributed by atoms with Crippen LogP contribution < -0.4 is 10.6 Å². The summed E-state index contributed by atoms with van der Waals surface area (Å²) < 4.78 is 1.96. The minimum Gasteiger partial charge on any atom is -0.357 e. The van der Waals surface area contributed by atoms with Crippen LogP contribution in [0.25, 0.3) is 5.82 Å². The molecule has 0 aliphatic carbocycles. The van der Waals surface area contributed by atoms with Crippen molar-refractivity contribution in [2.24, 2.45) is 4.99 Å². The molecule has 0 saturated carbocycles. The Bertz CT molecular complexity index is 895. The normalized spacial score (nSPS) is 11.2. The molecule has 0 unspecified atom stereocenters. The predicted octanol–water partition coefficient (Wildman–Crippen LogP) is 3.52. The maximum Gasteiger partial charge on any atom is 0.191 e. The molecule has 0 saturated heterocycles. The van der Waals surface area contributed by atoms with Crippen molar-refractivity contribution in [3.8, 4) is 5.82 Å². The molecule has 0 aliphatic rings. The number of rotatable bonds is 6. The first-order chi connectivity index (χ1) is 13.1. The van der Waals surface area contributed by atoms with E-state index in [0.717, 1.165) is 40.4 Å². The Morgan fingerprint density at radius 1 is 1.18 bits per heavy atom. The maximum absolute atomic E-state index is 4.65. The molecule has 3 aromatic heterocycles. The van der Waals surface area contributed by atoms with E-state index in [1.165, 1.54) is 4.88 Å². The van der Waals surface area contributed by atoms with Gasteiger partial charge in [0.1, 0.15) is 16.6 Å². The average molecular weight is 511 g/mol. The summed E-state index contributed by atoms with van der Waals surface area (Å²) in [6.45, 7) is 10.2. The van der Waals surface area contributed by atoms with Crippen LogP contribution in [-0.4, -0.2) is 32.0 Å². The molecule has 3 rings (SSSR count). The van der Waals surface area contributed by atoms with E-state index in [2.05, 4.69) is 44.4 Å². The van der Waals surface area contributed by atoms with Gasteiger partial charge in [0.25, 0.3) is 0 Å². The Morgan fingerprint density at radius 3 is 2.57 bits per heavy atom. The molecule has 0 atom stereocenters. The molecule has 0 radical (unpaired) electrons. The van der Waals surface area contributed by atoms with Gasteiger partial charge in [-0.05, 0) is 39.3 Å². The van der Waals surface area contributed by atoms with Crippen molar-refractivity contribution in [1.82, 2.24) is 30.2 Å². The topological polar surface area (TPSA) is 80.0 Å². The molecule has 0 aromatic carbocycles. The lowest BCUT2D eigenvalue weighted by Gasteiger charge is -2.10. The third-order valence-electron chi connectivity index (χ3n) is 4.13. The van der Waals surface area contributed by atoms with Gasteiger partial charge in [0, 0.05) is 30.0 Å². The second-order valence-electron chi connectivity index (χ2n) is 6.17. The molecular weight excluding hydrogens is 485 g/mol. The van der Waals surface area contributed by atoms with Crippen LogP contribution in [0, 0.1) is 20.8 Å². The van der Waals surface area contributed by atoms with Crippen LogP contribution >= 0.6 is 35.3 Å². The summed E-state index contributed by atoms with van der Waals surface area (Å²) in [7, 11) is 0. The van der Waals surface area contributed by atoms with E-state index < -0.39 is 0 Å². The lowest BCUT2D eigenvalue weighted by molar-refractivity contribution is 0.808. The Balaban J connectivity index is 0.00000280. The monoisotopic (exact) mass is 511 g/mol. The van der Waals surface area contributed by atoms with Crippen LogP contribution in [-0.2, 0) is 13.1 Å². The number of imidazole rings is 1. The molecule has 9 heteroatoms. The number of thiazole rings is 1. The molecule has 3 heterocycles. The van der Waals surface area contributed by atoms with Crippen LogP contribution in [0.15, 0.2) is 35.7 Å². The smallest absolute Gasteiger partial charge is 0.191 e. The van der Waals surface area contributed by atoms with E-state index in [1.807, 2.05) is 42.9 Å². The van der Waals surface area contributed by atoms with Crippen molar-refractivity contribution < 1.29 is 0 Å². The third-order valence-corrected chi connectivity index (χ3v) is 5.20. The number of nitrogens with zero attached hydrogens (tertiary/aromatic N) is 5. The fourth-order valence-corrected chi connectivity index (χ4v) is 3.43. The SMILES string of the molecule is CCNC(=NCc1ccc(-n2ccnc2C)nc1)NCc1nc(C)c(C)s1.I. The zero-order valence-electron chi connectivity index (χ0n) is 16.6. The second-order valence-corrected chi connectivity index (χ2v) is 7.45. The highest BCUT2D eigenvalue weighted by Crippen LogP contribution is 2.16. The van der Waals surface area contributed by atoms with E-state index >= 15 is 0 Å². The summed E-state index contributed by atoms with van der Waals surface area (Å²) in [4.78, 5) is 19.2. The van der Waals surface area contributed by atoms with Gasteiger partial charge in [-0.25, -0.2) is 19.9 Å². The zero-order chi connectivity index (χ0) is 19.2. The van der Waals surface area contributed by atoms with Crippen LogP contribution in [0.1, 0.15) is 33.9 Å². The van der Waals surface area contributed by atoms with Crippen LogP contribution in [0.2, 0.25) is 0 Å². The summed E-state index contributed by atoms with van der Waals surface area (Å²) in [5.74, 6) is 2.55. The van der Waals surface area contributed by atoms with Crippen molar-refractivity contribution in [2.45, 2.75) is 40.8 Å². The molecule has 0 spiro atoms. The molecule has 0 aliphatic heterocycles. The first-order valence-electron chi connectivity index (χ1n) is 8.97. The maximum atomic E-state index is 4.65. The second kappa shape index (κ2) is 10.5. The standard InChI is InChI=1S/C19H25N7S.HI/c1-5-20-19(24-12-18-25-13(2)14(3)27-18)23-11-16-6-7-17(22-10-16)26-9-8-21-15(26)4;/h6-10H,5,11-12H2,1-4H3,(H2,20,23,24);1H. The van der Waals surface area contributed by atoms with Gasteiger partial charge in [0.05, 0.1) is 18.8 Å². The van der Waals surface area contributed by atoms with Gasteiger partial charge >= 0.3 is 0 Å². The fourth-order valence-electron chi connectivity index (χ4n) is 2.56. The van der Waals surface area contributed by atoms with Gasteiger partial charge in [0.15, 0.2) is 5.96 Å². The largest absolute Gasteiger partial charge is 0.357 e. The van der Waals surface area contributed by atoms with Gasteiger partial charge in [-0.2, -0.15) is 0 Å². The molecular formula is C19H26IN7S. The summed E-state index contributed by atoms with van der Waals surface area (Å²) in [6, 6.07) is 4.03. The molecule has 7 nitrogen and oxygen atoms in total. The molecule has 0 fully saturated rings. The lowest BCUT2D eigenvalue weighted by atomic mass is 10.3. The number of aromatic nitrogens is 4. The molecule has 3 aromatic rings. The van der Waals surface area contributed by atoms with E-state index in [4.69, 9.17) is 0 Å². The number of hydrogen-bond acceptors (Lipinski definition) is 5. The van der Waals surface area contributed by atoms with Gasteiger partial charge in [-0.3, -0.25) is 4.57 Å². The number of aliphatic imine (C=N–C) groups is 1. The summed E-state index contributed by atoms with van der Waals surface area (Å²) >= 11 is 1.72. The van der Waals surface area contributed by atoms with Crippen LogP contribution in [0.5, 0.6) is 0 Å². The van der Waals surface area contributed by atoms with Crippen molar-refractivity contribution in [2.75, 3.05) is 6.54 Å². The summed E-state index contributed by atoms with van der Waals surface area (Å²) in [6.07, 6.45) is 5.54. The van der Waals surface area contributed by atoms with E-state index in [9.17, 15) is 0 Å². The first-order valence-corrected chi connectivity index (χ1v) is 9.78. The number of hydrogen-bond donors (Lipinski definition) is 2. The zero-order valence-corrected chi connectivity index (χ0v) is 19.7. The first kappa shape index (κ1) is 22.3. The number of nitrogens with one attached hydrogen (secondary N) is 2. The predicted molar refractivity (Wildman–Crippen MR) is 125 cm³/mol. The van der Waals surface area contributed by atoms with Crippen molar-refractivity contribution >= 4 is 41.3 Å². The molecule has 2 N–H and O–H groups in total. The van der Waals surface area contributed by atoms with Crippen LogP contribution in [0.4, 0.5) is 0 Å². The van der Waals surface area contributed by atoms with E-state index in [-0.39, 0.29) is 24.0 Å². The number of pyridine rings is 1. The van der Waals surface area contributed by atoms with Gasteiger partial charge in [-0.1, -0.05) is 6.07 Å². The third kappa shape index (κ3) is 5.74. The van der Waals surface area contributed by atoms with Crippen molar-refractivity contribution in [3.63, 3.8) is 0 Å². The Morgan fingerprint density at radius 2 is 2.00 bits per heavy atom. The summed E-state index contributed by atoms with van der Waals surface area (Å²) in [5, 5.41) is 7.68. The number of halogens is 1. The summed E-state index contributed by atoms with van der Waals surface area (Å²) in [5.41, 5.74) is 2.15. The Hall–Kier alpha value is -2.01. The molecule has 28 heavy (non-hydrogen) atoms. The Kier molecular flexibility index (Phi) is 8.36. The average Bonchev–Trinajstić information content (AvgIpc) is 3.23. The minimum absolute atomic E-state index is 0. The fraction of sp³-hybridized carbons (Fsp3) is 0.368. The van der Waals surface area contributed by atoms with Gasteiger partial charge in [0.2, 0.25) is 0 Å². The van der Waals surface area contributed by atoms with E-state index in [0.29, 0.717) is 13.1 Å². The highest BCUT2D eigenvalue weighted by atomic mass is 127. The van der Waals surface area contributed by atoms with Gasteiger partial charge < -0.3 is 10.6 Å².